The highest BCUT2D eigenvalue weighted by atomic mass is 35.5. The molecule has 0 saturated carbocycles. The average Bonchev–Trinajstić information content (AvgIpc) is 1.00. The minimum atomic E-state index is 0. The molecule has 0 nitrogen and oxygen atoms in total. The van der Waals surface area contributed by atoms with Gasteiger partial charge in [-0.3, -0.25) is 0 Å². The molecule has 0 radical (unpaired) electrons. The fraction of sp³-hybridized carbons (Fsp3) is 1.00. The molecule has 0 bridgehead atoms. The molecule has 4 heavy (non-hydrogen) atoms. The van der Waals surface area contributed by atoms with E-state index in [9.17, 15) is 0 Å². The third-order valence-corrected chi connectivity index (χ3v) is 0. The van der Waals surface area contributed by atoms with Gasteiger partial charge >= 0.3 is 0 Å². The highest BCUT2D eigenvalue weighted by Gasteiger charge is 0.943. The first-order chi connectivity index (χ1) is 1.00. The van der Waals surface area contributed by atoms with E-state index in [2.05, 4.69) is 11.6 Å². The maximum Gasteiger partial charge on any atom is 0.0108 e. The summed E-state index contributed by atoms with van der Waals surface area (Å²) < 4.78 is 0. The first-order valence-electron chi connectivity index (χ1n) is 0.378. The minimum absolute atomic E-state index is 0. The molecule has 0 aromatic carbocycles. The van der Waals surface area contributed by atoms with Gasteiger partial charge in [-0.2, -0.15) is 0 Å². The van der Waals surface area contributed by atoms with E-state index in [4.69, 9.17) is 0 Å². The van der Waals surface area contributed by atoms with E-state index in [-0.39, 0.29) is 18.4 Å². The predicted molar refractivity (Wildman–Crippen MR) is 29.8 cm³/mol. The van der Waals surface area contributed by atoms with E-state index in [0.717, 1.165) is 0 Å². The van der Waals surface area contributed by atoms with Gasteiger partial charge in [0.15, 0.2) is 0 Å². The Balaban J connectivity index is -0.00000000500. The number of hydrogen-bond donors (Lipinski definition) is 0. The smallest absolute Gasteiger partial charge is 0.0108 e. The van der Waals surface area contributed by atoms with E-state index >= 15 is 0 Å². The van der Waals surface area contributed by atoms with Gasteiger partial charge in [-0.15, -0.1) is 11.6 Å². The fourth-order valence-corrected chi connectivity index (χ4v) is 0. The summed E-state index contributed by atoms with van der Waals surface area (Å²) in [5, 5.41) is 0. The van der Waals surface area contributed by atoms with Gasteiger partial charge in [-0.25, -0.2) is 0 Å². The van der Waals surface area contributed by atoms with Crippen LogP contribution in [0, 0.1) is 0 Å². The third-order valence-electron chi connectivity index (χ3n) is 0. The van der Waals surface area contributed by atoms with Crippen LogP contribution in [0.1, 0.15) is 7.43 Å². The Hall–Kier alpha value is 0.507. The monoisotopic (exact) mass is 98.0 g/mol. The van der Waals surface area contributed by atoms with E-state index in [0.29, 0.717) is 0 Å². The van der Waals surface area contributed by atoms with Crippen LogP contribution < -0.4 is 0 Å². The van der Waals surface area contributed by atoms with Gasteiger partial charge in [-0.1, -0.05) is 7.43 Å². The topological polar surface area (TPSA) is 0 Å². The van der Waals surface area contributed by atoms with Gasteiger partial charge in [0.2, 0.25) is 0 Å². The maximum absolute atomic E-state index is 4.64. The summed E-state index contributed by atoms with van der Waals surface area (Å²) in [6, 6.07) is 0. The Morgan fingerprint density at radius 1 is 1.25 bits per heavy atom. The lowest BCUT2D eigenvalue weighted by Gasteiger charge is -1.06. The van der Waals surface area contributed by atoms with Crippen molar-refractivity contribution in [3.05, 3.63) is 0 Å². The number of rotatable bonds is 0. The molecule has 30 valence electrons. The quantitative estimate of drug-likeness (QED) is 0.297. The van der Waals surface area contributed by atoms with Crippen LogP contribution in [0.15, 0.2) is 0 Å². The van der Waals surface area contributed by atoms with Gasteiger partial charge in [0.25, 0.3) is 0 Å². The molecule has 0 aliphatic carbocycles. The molecule has 0 aromatic rings. The van der Waals surface area contributed by atoms with Crippen LogP contribution in [-0.2, 0) is 0 Å². The molecule has 0 saturated heterocycles. The van der Waals surface area contributed by atoms with Crippen molar-refractivity contribution < 1.29 is 0 Å². The number of hydrogen-bond acceptors (Lipinski definition) is 0. The largest absolute Gasteiger partial charge is 0.130 e. The molecule has 0 aliphatic heterocycles. The Labute approximate surface area is 37.2 Å². The first kappa shape index (κ1) is 24.4. The van der Waals surface area contributed by atoms with Crippen molar-refractivity contribution in [3.63, 3.8) is 0 Å². The second-order valence-corrected chi connectivity index (χ2v) is 0. The predicted octanol–water partition coefficient (Wildman–Crippen LogP) is 0.0395. The van der Waals surface area contributed by atoms with Crippen LogP contribution in [0.25, 0.3) is 0 Å². The standard InChI is InChI=1S/CH3Cl.CH4.H4Si/c1-2;;/h1H3;2*1H4. The van der Waals surface area contributed by atoms with Crippen LogP contribution in [0.2, 0.25) is 0 Å². The summed E-state index contributed by atoms with van der Waals surface area (Å²) in [7, 11) is 0. The Kier molecular flexibility index (Phi) is 523. The lowest BCUT2D eigenvalue weighted by atomic mass is 12.0. The van der Waals surface area contributed by atoms with Crippen molar-refractivity contribution in [2.24, 2.45) is 0 Å². The summed E-state index contributed by atoms with van der Waals surface area (Å²) in [5.74, 6) is 0. The van der Waals surface area contributed by atoms with Gasteiger partial charge in [0.05, 0.1) is 0 Å². The molecule has 0 fully saturated rings. The molecule has 0 aromatic heterocycles. The van der Waals surface area contributed by atoms with Crippen molar-refractivity contribution >= 4 is 22.6 Å². The summed E-state index contributed by atoms with van der Waals surface area (Å²) in [4.78, 5) is 0. The minimum Gasteiger partial charge on any atom is -0.130 e. The van der Waals surface area contributed by atoms with Crippen LogP contribution in [0.3, 0.4) is 0 Å². The van der Waals surface area contributed by atoms with Crippen molar-refractivity contribution in [1.82, 2.24) is 0 Å². The van der Waals surface area contributed by atoms with Crippen molar-refractivity contribution in [3.8, 4) is 0 Å². The fourth-order valence-electron chi connectivity index (χ4n) is 0. The highest BCUT2D eigenvalue weighted by molar-refractivity contribution is 6.15. The lowest BCUT2D eigenvalue weighted by Crippen LogP contribution is -0.852. The molecular formula is C2H11ClSi. The summed E-state index contributed by atoms with van der Waals surface area (Å²) >= 11 is 4.64. The zero-order valence-electron chi connectivity index (χ0n) is 1.38. The second kappa shape index (κ2) is 85.8. The van der Waals surface area contributed by atoms with Gasteiger partial charge in [0, 0.05) is 6.38 Å². The van der Waals surface area contributed by atoms with E-state index in [1.54, 1.807) is 0 Å². The van der Waals surface area contributed by atoms with Gasteiger partial charge in [-0.05, 0) is 11.0 Å². The molecule has 0 atom stereocenters. The zero-order chi connectivity index (χ0) is 2.00. The van der Waals surface area contributed by atoms with Crippen LogP contribution in [0.5, 0.6) is 0 Å². The van der Waals surface area contributed by atoms with E-state index in [1.807, 2.05) is 0 Å². The Morgan fingerprint density at radius 3 is 1.25 bits per heavy atom. The van der Waals surface area contributed by atoms with Crippen molar-refractivity contribution in [2.45, 2.75) is 7.43 Å². The van der Waals surface area contributed by atoms with Crippen LogP contribution >= 0.6 is 11.6 Å². The molecule has 0 N–H and O–H groups in total. The number of halogens is 1. The second-order valence-electron chi connectivity index (χ2n) is 0. The van der Waals surface area contributed by atoms with Gasteiger partial charge in [0.1, 0.15) is 0 Å². The summed E-state index contributed by atoms with van der Waals surface area (Å²) in [6.07, 6.45) is 1.47. The molecule has 2 heteroatoms. The van der Waals surface area contributed by atoms with Crippen molar-refractivity contribution in [2.75, 3.05) is 6.38 Å². The Morgan fingerprint density at radius 2 is 1.25 bits per heavy atom. The highest BCUT2D eigenvalue weighted by Crippen LogP contribution is 1.34. The van der Waals surface area contributed by atoms with Gasteiger partial charge < -0.3 is 0 Å². The van der Waals surface area contributed by atoms with E-state index in [1.165, 1.54) is 6.38 Å². The van der Waals surface area contributed by atoms with Crippen molar-refractivity contribution in [1.29, 1.82) is 0 Å². The van der Waals surface area contributed by atoms with E-state index < -0.39 is 0 Å². The third kappa shape index (κ3) is 22.2. The summed E-state index contributed by atoms with van der Waals surface area (Å²) in [6.45, 7) is 0. The number of alkyl halides is 1. The van der Waals surface area contributed by atoms with Crippen LogP contribution in [0.4, 0.5) is 0 Å². The molecule has 0 rings (SSSR count). The maximum atomic E-state index is 4.64. The summed E-state index contributed by atoms with van der Waals surface area (Å²) in [5.41, 5.74) is 0. The first-order valence-corrected chi connectivity index (χ1v) is 1.13. The molecule has 0 amide bonds. The normalized spacial score (nSPS) is 1.50. The molecule has 0 aliphatic rings. The lowest BCUT2D eigenvalue weighted by molar-refractivity contribution is 2.46. The SMILES string of the molecule is C.CCl.[SiH4]. The zero-order valence-corrected chi connectivity index (χ0v) is 2.13. The molecule has 0 heterocycles. The average molecular weight is 98.6 g/mol. The molecular weight excluding hydrogens is 87.6 g/mol. The molecule has 0 spiro atoms. The Bertz CT molecular complexity index is 6.00. The molecule has 0 unspecified atom stereocenters. The van der Waals surface area contributed by atoms with Crippen LogP contribution in [-0.4, -0.2) is 17.3 Å².